The molecule has 0 aromatic carbocycles. The van der Waals surface area contributed by atoms with E-state index in [1.807, 2.05) is 0 Å². The maximum Gasteiger partial charge on any atom is 0.316 e. The molecule has 2 rings (SSSR count). The van der Waals surface area contributed by atoms with Gasteiger partial charge in [0.2, 0.25) is 5.91 Å². The van der Waals surface area contributed by atoms with Crippen LogP contribution in [0.5, 0.6) is 0 Å². The molecule has 1 saturated carbocycles. The van der Waals surface area contributed by atoms with E-state index in [-0.39, 0.29) is 11.8 Å². The molecule has 1 amide bonds. The monoisotopic (exact) mass is 211 g/mol. The van der Waals surface area contributed by atoms with Crippen LogP contribution in [0.3, 0.4) is 0 Å². The number of carboxylic acid groups (broad SMARTS) is 1. The van der Waals surface area contributed by atoms with Crippen LogP contribution in [0.15, 0.2) is 0 Å². The van der Waals surface area contributed by atoms with Crippen molar-refractivity contribution in [1.29, 1.82) is 0 Å². The lowest BCUT2D eigenvalue weighted by molar-refractivity contribution is -0.147. The molecule has 2 N–H and O–H groups in total. The van der Waals surface area contributed by atoms with Gasteiger partial charge in [-0.25, -0.2) is 0 Å². The summed E-state index contributed by atoms with van der Waals surface area (Å²) in [5.74, 6) is -1.60. The van der Waals surface area contributed by atoms with Crippen LogP contribution in [0, 0.1) is 17.8 Å². The lowest BCUT2D eigenvalue weighted by Gasteiger charge is -2.28. The van der Waals surface area contributed by atoms with Gasteiger partial charge >= 0.3 is 5.97 Å². The van der Waals surface area contributed by atoms with Crippen molar-refractivity contribution in [2.75, 3.05) is 6.54 Å². The van der Waals surface area contributed by atoms with Gasteiger partial charge in [-0.05, 0) is 5.92 Å². The van der Waals surface area contributed by atoms with Crippen molar-refractivity contribution in [3.63, 3.8) is 0 Å². The zero-order valence-electron chi connectivity index (χ0n) is 8.74. The standard InChI is InChI=1S/C11H17NO3/c13-10-9(11(14)15)8(6-12-10)7-4-2-1-3-5-7/h7-9H,1-6H2,(H,12,13)(H,14,15)/t8-,9-/m0/s1. The number of hydrogen-bond donors (Lipinski definition) is 2. The molecule has 2 atom stereocenters. The molecule has 0 radical (unpaired) electrons. The highest BCUT2D eigenvalue weighted by molar-refractivity contribution is 5.98. The summed E-state index contributed by atoms with van der Waals surface area (Å²) in [6, 6.07) is 0. The van der Waals surface area contributed by atoms with Gasteiger partial charge in [0, 0.05) is 12.5 Å². The average molecular weight is 211 g/mol. The van der Waals surface area contributed by atoms with Crippen LogP contribution in [-0.4, -0.2) is 23.5 Å². The molecule has 1 heterocycles. The van der Waals surface area contributed by atoms with Crippen molar-refractivity contribution in [3.8, 4) is 0 Å². The summed E-state index contributed by atoms with van der Waals surface area (Å²) in [5, 5.41) is 11.7. The van der Waals surface area contributed by atoms with Crippen LogP contribution in [0.1, 0.15) is 32.1 Å². The van der Waals surface area contributed by atoms with Gasteiger partial charge in [-0.2, -0.15) is 0 Å². The third-order valence-corrected chi connectivity index (χ3v) is 3.74. The SMILES string of the molecule is O=C(O)[C@@H]1C(=O)NC[C@H]1C1CCCCC1. The Bertz CT molecular complexity index is 271. The van der Waals surface area contributed by atoms with E-state index in [9.17, 15) is 9.59 Å². The fraction of sp³-hybridized carbons (Fsp3) is 0.818. The lowest BCUT2D eigenvalue weighted by atomic mass is 9.75. The summed E-state index contributed by atoms with van der Waals surface area (Å²) >= 11 is 0. The van der Waals surface area contributed by atoms with Gasteiger partial charge in [-0.3, -0.25) is 9.59 Å². The Morgan fingerprint density at radius 1 is 1.27 bits per heavy atom. The second kappa shape index (κ2) is 4.21. The predicted octanol–water partition coefficient (Wildman–Crippen LogP) is 1.01. The summed E-state index contributed by atoms with van der Waals surface area (Å²) in [6.07, 6.45) is 5.79. The van der Waals surface area contributed by atoms with Crippen molar-refractivity contribution in [3.05, 3.63) is 0 Å². The molecule has 0 bridgehead atoms. The third kappa shape index (κ3) is 1.98. The van der Waals surface area contributed by atoms with Crippen LogP contribution in [0.4, 0.5) is 0 Å². The summed E-state index contributed by atoms with van der Waals surface area (Å²) in [6.45, 7) is 0.556. The first-order chi connectivity index (χ1) is 7.20. The number of amides is 1. The van der Waals surface area contributed by atoms with Gasteiger partial charge in [0.15, 0.2) is 0 Å². The van der Waals surface area contributed by atoms with E-state index in [1.165, 1.54) is 19.3 Å². The first-order valence-corrected chi connectivity index (χ1v) is 5.70. The molecule has 4 nitrogen and oxygen atoms in total. The molecule has 2 fully saturated rings. The summed E-state index contributed by atoms with van der Waals surface area (Å²) < 4.78 is 0. The molecule has 0 aromatic heterocycles. The maximum atomic E-state index is 11.4. The first-order valence-electron chi connectivity index (χ1n) is 5.70. The molecule has 4 heteroatoms. The van der Waals surface area contributed by atoms with E-state index in [4.69, 9.17) is 5.11 Å². The average Bonchev–Trinajstić information content (AvgIpc) is 2.61. The van der Waals surface area contributed by atoms with Crippen LogP contribution >= 0.6 is 0 Å². The zero-order chi connectivity index (χ0) is 10.8. The minimum Gasteiger partial charge on any atom is -0.481 e. The highest BCUT2D eigenvalue weighted by Gasteiger charge is 2.44. The van der Waals surface area contributed by atoms with Crippen LogP contribution in [0.2, 0.25) is 0 Å². The number of carboxylic acids is 1. The number of carbonyl (C=O) groups is 2. The smallest absolute Gasteiger partial charge is 0.316 e. The van der Waals surface area contributed by atoms with E-state index in [2.05, 4.69) is 5.32 Å². The molecule has 2 aliphatic rings. The van der Waals surface area contributed by atoms with Crippen molar-refractivity contribution in [1.82, 2.24) is 5.32 Å². The summed E-state index contributed by atoms with van der Waals surface area (Å²) in [4.78, 5) is 22.4. The maximum absolute atomic E-state index is 11.4. The molecular formula is C11H17NO3. The van der Waals surface area contributed by atoms with Crippen LogP contribution in [-0.2, 0) is 9.59 Å². The topological polar surface area (TPSA) is 66.4 Å². The number of rotatable bonds is 2. The fourth-order valence-corrected chi connectivity index (χ4v) is 2.94. The number of aliphatic carboxylic acids is 1. The normalized spacial score (nSPS) is 32.7. The Morgan fingerprint density at radius 3 is 2.53 bits per heavy atom. The largest absolute Gasteiger partial charge is 0.481 e. The van der Waals surface area contributed by atoms with Crippen molar-refractivity contribution >= 4 is 11.9 Å². The molecule has 1 aliphatic heterocycles. The van der Waals surface area contributed by atoms with E-state index in [1.54, 1.807) is 0 Å². The number of hydrogen-bond acceptors (Lipinski definition) is 2. The van der Waals surface area contributed by atoms with Crippen LogP contribution in [0.25, 0.3) is 0 Å². The highest BCUT2D eigenvalue weighted by atomic mass is 16.4. The van der Waals surface area contributed by atoms with E-state index < -0.39 is 11.9 Å². The molecule has 0 spiro atoms. The first kappa shape index (κ1) is 10.5. The molecule has 0 aromatic rings. The highest BCUT2D eigenvalue weighted by Crippen LogP contribution is 2.36. The van der Waals surface area contributed by atoms with Gasteiger partial charge in [0.05, 0.1) is 0 Å². The Labute approximate surface area is 89.0 Å². The van der Waals surface area contributed by atoms with Crippen molar-refractivity contribution in [2.24, 2.45) is 17.8 Å². The van der Waals surface area contributed by atoms with Crippen molar-refractivity contribution < 1.29 is 14.7 Å². The van der Waals surface area contributed by atoms with E-state index in [0.29, 0.717) is 12.5 Å². The summed E-state index contributed by atoms with van der Waals surface area (Å²) in [7, 11) is 0. The molecule has 15 heavy (non-hydrogen) atoms. The number of nitrogens with one attached hydrogen (secondary N) is 1. The van der Waals surface area contributed by atoms with Crippen molar-refractivity contribution in [2.45, 2.75) is 32.1 Å². The molecule has 1 saturated heterocycles. The Kier molecular flexibility index (Phi) is 2.93. The Balaban J connectivity index is 2.06. The quantitative estimate of drug-likeness (QED) is 0.670. The Morgan fingerprint density at radius 2 is 1.93 bits per heavy atom. The predicted molar refractivity (Wildman–Crippen MR) is 54.2 cm³/mol. The molecular weight excluding hydrogens is 194 g/mol. The zero-order valence-corrected chi connectivity index (χ0v) is 8.74. The second-order valence-corrected chi connectivity index (χ2v) is 4.62. The Hall–Kier alpha value is -1.06. The van der Waals surface area contributed by atoms with Gasteiger partial charge in [0.25, 0.3) is 0 Å². The van der Waals surface area contributed by atoms with Crippen LogP contribution < -0.4 is 5.32 Å². The minimum atomic E-state index is -0.958. The molecule has 0 unspecified atom stereocenters. The van der Waals surface area contributed by atoms with Gasteiger partial charge in [-0.15, -0.1) is 0 Å². The van der Waals surface area contributed by atoms with Gasteiger partial charge in [0.1, 0.15) is 5.92 Å². The third-order valence-electron chi connectivity index (χ3n) is 3.74. The second-order valence-electron chi connectivity index (χ2n) is 4.62. The van der Waals surface area contributed by atoms with Gasteiger partial charge in [-0.1, -0.05) is 32.1 Å². The fourth-order valence-electron chi connectivity index (χ4n) is 2.94. The van der Waals surface area contributed by atoms with Gasteiger partial charge < -0.3 is 10.4 Å². The van der Waals surface area contributed by atoms with E-state index in [0.717, 1.165) is 12.8 Å². The minimum absolute atomic E-state index is 0.0234. The number of carbonyl (C=O) groups excluding carboxylic acids is 1. The molecule has 1 aliphatic carbocycles. The molecule has 84 valence electrons. The lowest BCUT2D eigenvalue weighted by Crippen LogP contribution is -2.31. The summed E-state index contributed by atoms with van der Waals surface area (Å²) in [5.41, 5.74) is 0. The van der Waals surface area contributed by atoms with E-state index >= 15 is 0 Å².